The first-order valence-electron chi connectivity index (χ1n) is 3.81. The Balaban J connectivity index is 0. The summed E-state index contributed by atoms with van der Waals surface area (Å²) in [7, 11) is -2.87. The molecule has 0 saturated carbocycles. The van der Waals surface area contributed by atoms with Gasteiger partial charge in [-0.3, -0.25) is 0 Å². The van der Waals surface area contributed by atoms with Crippen LogP contribution in [-0.2, 0) is 4.57 Å². The highest BCUT2D eigenvalue weighted by atomic mass is 31.1. The highest BCUT2D eigenvalue weighted by molar-refractivity contribution is 7.30. The van der Waals surface area contributed by atoms with Crippen LogP contribution in [0.1, 0.15) is 0 Å². The van der Waals surface area contributed by atoms with Crippen molar-refractivity contribution in [1.29, 1.82) is 0 Å². The van der Waals surface area contributed by atoms with Crippen molar-refractivity contribution < 1.29 is 14.4 Å². The van der Waals surface area contributed by atoms with Crippen LogP contribution in [0.2, 0.25) is 0 Å². The van der Waals surface area contributed by atoms with E-state index in [0.717, 1.165) is 0 Å². The molecule has 5 heteroatoms. The van der Waals surface area contributed by atoms with Gasteiger partial charge in [-0.15, -0.1) is 16.4 Å². The van der Waals surface area contributed by atoms with Crippen molar-refractivity contribution in [2.24, 2.45) is 5.73 Å². The molecule has 0 fully saturated rings. The first-order chi connectivity index (χ1) is 6.65. The molecule has 0 aliphatic rings. The molecule has 14 heavy (non-hydrogen) atoms. The third-order valence-electron chi connectivity index (χ3n) is 0.833. The standard InChI is InChI=1S/C6H6.C3H7N.HO3P/c1-2-4-6-5-3-1;1-2-3-4;1-4(2)3/h1-6H;2H,1,3-4H2;(H-,1,2,3)/p+1. The van der Waals surface area contributed by atoms with Gasteiger partial charge in [0.05, 0.1) is 0 Å². The number of hydrogen-bond acceptors (Lipinski definition) is 2. The zero-order valence-electron chi connectivity index (χ0n) is 7.78. The van der Waals surface area contributed by atoms with E-state index in [4.69, 9.17) is 20.1 Å². The lowest BCUT2D eigenvalue weighted by Crippen LogP contribution is -1.90. The van der Waals surface area contributed by atoms with Crippen molar-refractivity contribution in [2.75, 3.05) is 6.54 Å². The van der Waals surface area contributed by atoms with E-state index in [1.54, 1.807) is 6.08 Å². The maximum atomic E-state index is 8.70. The van der Waals surface area contributed by atoms with Gasteiger partial charge in [-0.25, -0.2) is 0 Å². The van der Waals surface area contributed by atoms with Gasteiger partial charge in [0, 0.05) is 11.1 Å². The van der Waals surface area contributed by atoms with Gasteiger partial charge >= 0.3 is 8.25 Å². The Morgan fingerprint density at radius 1 is 1.14 bits per heavy atom. The van der Waals surface area contributed by atoms with Crippen molar-refractivity contribution >= 4 is 8.25 Å². The van der Waals surface area contributed by atoms with E-state index in [0.29, 0.717) is 6.54 Å². The van der Waals surface area contributed by atoms with Crippen molar-refractivity contribution in [1.82, 2.24) is 0 Å². The van der Waals surface area contributed by atoms with E-state index in [9.17, 15) is 0 Å². The van der Waals surface area contributed by atoms with E-state index in [-0.39, 0.29) is 0 Å². The van der Waals surface area contributed by atoms with E-state index in [1.807, 2.05) is 36.4 Å². The summed E-state index contributed by atoms with van der Waals surface area (Å²) >= 11 is 0. The Hall–Kier alpha value is -1.06. The molecule has 0 unspecified atom stereocenters. The molecule has 4 N–H and O–H groups in total. The number of hydrogen-bond donors (Lipinski definition) is 3. The van der Waals surface area contributed by atoms with Crippen LogP contribution in [0.4, 0.5) is 0 Å². The van der Waals surface area contributed by atoms with Crippen molar-refractivity contribution in [3.05, 3.63) is 49.1 Å². The first-order valence-corrected chi connectivity index (χ1v) is 4.97. The zero-order valence-corrected chi connectivity index (χ0v) is 8.68. The average molecular weight is 216 g/mol. The molecular formula is C9H15NO3P+. The minimum Gasteiger partial charge on any atom is -0.327 e. The predicted octanol–water partition coefficient (Wildman–Crippen LogP) is 1.45. The van der Waals surface area contributed by atoms with Gasteiger partial charge in [0.2, 0.25) is 0 Å². The number of benzene rings is 1. The van der Waals surface area contributed by atoms with E-state index in [1.165, 1.54) is 0 Å². The van der Waals surface area contributed by atoms with Crippen LogP contribution in [0, 0.1) is 0 Å². The zero-order chi connectivity index (χ0) is 11.2. The Labute approximate surface area is 84.7 Å². The van der Waals surface area contributed by atoms with Gasteiger partial charge < -0.3 is 5.73 Å². The maximum absolute atomic E-state index is 8.70. The van der Waals surface area contributed by atoms with Gasteiger partial charge in [0.15, 0.2) is 0 Å². The van der Waals surface area contributed by atoms with E-state index in [2.05, 4.69) is 6.58 Å². The Kier molecular flexibility index (Phi) is 15.9. The third-order valence-corrected chi connectivity index (χ3v) is 0.833. The minimum absolute atomic E-state index is 0.583. The molecule has 78 valence electrons. The molecule has 0 aliphatic heterocycles. The lowest BCUT2D eigenvalue weighted by molar-refractivity contribution is 0.405. The van der Waals surface area contributed by atoms with Crippen LogP contribution in [0.5, 0.6) is 0 Å². The lowest BCUT2D eigenvalue weighted by atomic mass is 10.4. The molecule has 0 atom stereocenters. The van der Waals surface area contributed by atoms with Crippen molar-refractivity contribution in [3.8, 4) is 0 Å². The normalized spacial score (nSPS) is 7.07. The highest BCUT2D eigenvalue weighted by Gasteiger charge is 1.93. The quantitative estimate of drug-likeness (QED) is 0.490. The molecule has 1 aromatic rings. The molecule has 0 amide bonds. The summed E-state index contributed by atoms with van der Waals surface area (Å²) in [5, 5.41) is 0. The summed E-state index contributed by atoms with van der Waals surface area (Å²) in [5.41, 5.74) is 4.91. The van der Waals surface area contributed by atoms with Crippen molar-refractivity contribution in [2.45, 2.75) is 0 Å². The first kappa shape index (κ1) is 15.4. The molecule has 0 aromatic heterocycles. The smallest absolute Gasteiger partial charge is 0.327 e. The number of nitrogens with two attached hydrogens (primary N) is 1. The highest BCUT2D eigenvalue weighted by Crippen LogP contribution is 1.98. The predicted molar refractivity (Wildman–Crippen MR) is 57.7 cm³/mol. The van der Waals surface area contributed by atoms with Crippen LogP contribution in [0.3, 0.4) is 0 Å². The second-order valence-electron chi connectivity index (χ2n) is 1.93. The van der Waals surface area contributed by atoms with Gasteiger partial charge in [0.25, 0.3) is 0 Å². The molecule has 1 aromatic carbocycles. The van der Waals surface area contributed by atoms with Gasteiger partial charge in [-0.05, 0) is 0 Å². The van der Waals surface area contributed by atoms with E-state index < -0.39 is 8.25 Å². The van der Waals surface area contributed by atoms with Gasteiger partial charge in [-0.2, -0.15) is 0 Å². The van der Waals surface area contributed by atoms with E-state index >= 15 is 0 Å². The molecule has 0 aliphatic carbocycles. The molecule has 4 nitrogen and oxygen atoms in total. The van der Waals surface area contributed by atoms with Gasteiger partial charge in [-0.1, -0.05) is 42.5 Å². The monoisotopic (exact) mass is 216 g/mol. The van der Waals surface area contributed by atoms with Crippen LogP contribution in [-0.4, -0.2) is 16.3 Å². The molecular weight excluding hydrogens is 201 g/mol. The summed E-state index contributed by atoms with van der Waals surface area (Å²) in [6.45, 7) is 3.94. The van der Waals surface area contributed by atoms with Crippen molar-refractivity contribution in [3.63, 3.8) is 0 Å². The van der Waals surface area contributed by atoms with Crippen LogP contribution < -0.4 is 5.73 Å². The largest absolute Gasteiger partial charge is 0.692 e. The minimum atomic E-state index is -2.87. The molecule has 0 radical (unpaired) electrons. The van der Waals surface area contributed by atoms with Crippen LogP contribution in [0.25, 0.3) is 0 Å². The number of rotatable bonds is 1. The molecule has 0 saturated heterocycles. The molecule has 0 heterocycles. The summed E-state index contributed by atoms with van der Waals surface area (Å²) in [5.74, 6) is 0. The maximum Gasteiger partial charge on any atom is 0.692 e. The second kappa shape index (κ2) is 14.5. The summed E-state index contributed by atoms with van der Waals surface area (Å²) in [4.78, 5) is 14.2. The summed E-state index contributed by atoms with van der Waals surface area (Å²) in [6.07, 6.45) is 1.65. The summed E-state index contributed by atoms with van der Waals surface area (Å²) in [6, 6.07) is 12.0. The van der Waals surface area contributed by atoms with Gasteiger partial charge in [0.1, 0.15) is 0 Å². The third kappa shape index (κ3) is 30.6. The Morgan fingerprint density at radius 2 is 1.29 bits per heavy atom. The average Bonchev–Trinajstić information content (AvgIpc) is 2.20. The Bertz CT molecular complexity index is 198. The fourth-order valence-corrected chi connectivity index (χ4v) is 0.385. The molecule has 1 rings (SSSR count). The molecule has 0 bridgehead atoms. The van der Waals surface area contributed by atoms with Crippen LogP contribution >= 0.6 is 8.25 Å². The summed E-state index contributed by atoms with van der Waals surface area (Å²) < 4.78 is 8.70. The Morgan fingerprint density at radius 3 is 1.36 bits per heavy atom. The second-order valence-corrected chi connectivity index (χ2v) is 2.44. The van der Waals surface area contributed by atoms with Crippen LogP contribution in [0.15, 0.2) is 49.1 Å². The molecule has 0 spiro atoms. The fourth-order valence-electron chi connectivity index (χ4n) is 0.385. The fraction of sp³-hybridized carbons (Fsp3) is 0.111. The SMILES string of the molecule is C=CCN.O=[P+](O)O.c1ccccc1. The lowest BCUT2D eigenvalue weighted by Gasteiger charge is -1.69. The topological polar surface area (TPSA) is 83.6 Å².